The number of anilines is 1. The molecule has 1 unspecified atom stereocenters. The molecule has 0 fully saturated rings. The van der Waals surface area contributed by atoms with Crippen LogP contribution in [0.25, 0.3) is 0 Å². The first-order valence-electron chi connectivity index (χ1n) is 8.06. The molecule has 1 aromatic carbocycles. The number of rotatable bonds is 6. The molecule has 3 N–H and O–H groups in total. The molecular formula is C17H25N5OS. The lowest BCUT2D eigenvalue weighted by Gasteiger charge is -2.21. The first kappa shape index (κ1) is 18.2. The van der Waals surface area contributed by atoms with Crippen molar-refractivity contribution >= 4 is 23.8 Å². The maximum absolute atomic E-state index is 12.5. The zero-order valence-corrected chi connectivity index (χ0v) is 15.6. The van der Waals surface area contributed by atoms with Crippen LogP contribution in [0.15, 0.2) is 18.2 Å². The minimum Gasteiger partial charge on any atom is -0.382 e. The summed E-state index contributed by atoms with van der Waals surface area (Å²) in [5.41, 5.74) is 2.59. The summed E-state index contributed by atoms with van der Waals surface area (Å²) in [4.78, 5) is 12.5. The van der Waals surface area contributed by atoms with Crippen LogP contribution in [0.3, 0.4) is 0 Å². The zero-order valence-electron chi connectivity index (χ0n) is 14.8. The van der Waals surface area contributed by atoms with Crippen LogP contribution >= 0.6 is 12.2 Å². The molecule has 0 saturated carbocycles. The summed E-state index contributed by atoms with van der Waals surface area (Å²) in [6, 6.07) is 6.06. The van der Waals surface area contributed by atoms with Crippen LogP contribution in [0.2, 0.25) is 0 Å². The minimum absolute atomic E-state index is 0.123. The lowest BCUT2D eigenvalue weighted by Crippen LogP contribution is -2.26. The predicted molar refractivity (Wildman–Crippen MR) is 98.7 cm³/mol. The van der Waals surface area contributed by atoms with Gasteiger partial charge in [-0.3, -0.25) is 9.89 Å². The lowest BCUT2D eigenvalue weighted by atomic mass is 10.0. The summed E-state index contributed by atoms with van der Waals surface area (Å²) in [6.45, 7) is 8.75. The van der Waals surface area contributed by atoms with Gasteiger partial charge in [-0.1, -0.05) is 19.9 Å². The SMILES string of the molecule is Cc1c(NC(C)C(C)C)cccc1C(=O)NCc1n[nH]c(=S)n1C. The van der Waals surface area contributed by atoms with Crippen LogP contribution in [0.1, 0.15) is 42.5 Å². The third-order valence-electron chi connectivity index (χ3n) is 4.34. The van der Waals surface area contributed by atoms with Crippen LogP contribution in [0, 0.1) is 17.6 Å². The van der Waals surface area contributed by atoms with Crippen LogP contribution in [0.4, 0.5) is 5.69 Å². The predicted octanol–water partition coefficient (Wildman–Crippen LogP) is 3.17. The van der Waals surface area contributed by atoms with E-state index < -0.39 is 0 Å². The summed E-state index contributed by atoms with van der Waals surface area (Å²) in [5.74, 6) is 1.07. The first-order chi connectivity index (χ1) is 11.3. The molecule has 1 atom stereocenters. The van der Waals surface area contributed by atoms with Crippen LogP contribution in [0.5, 0.6) is 0 Å². The Labute approximate surface area is 147 Å². The summed E-state index contributed by atoms with van der Waals surface area (Å²) >= 11 is 5.07. The number of amides is 1. The third kappa shape index (κ3) is 4.03. The summed E-state index contributed by atoms with van der Waals surface area (Å²) in [7, 11) is 1.82. The van der Waals surface area contributed by atoms with Gasteiger partial charge in [0.15, 0.2) is 10.6 Å². The van der Waals surface area contributed by atoms with E-state index in [0.717, 1.165) is 11.3 Å². The molecule has 24 heavy (non-hydrogen) atoms. The van der Waals surface area contributed by atoms with Crippen molar-refractivity contribution in [3.8, 4) is 0 Å². The summed E-state index contributed by atoms with van der Waals surface area (Å²) in [5, 5.41) is 13.2. The Morgan fingerprint density at radius 3 is 2.67 bits per heavy atom. The molecule has 0 aliphatic heterocycles. The molecule has 2 aromatic rings. The fourth-order valence-corrected chi connectivity index (χ4v) is 2.39. The van der Waals surface area contributed by atoms with E-state index >= 15 is 0 Å². The molecule has 2 rings (SSSR count). The molecule has 1 heterocycles. The van der Waals surface area contributed by atoms with E-state index in [0.29, 0.717) is 34.7 Å². The molecule has 0 bridgehead atoms. The van der Waals surface area contributed by atoms with Crippen molar-refractivity contribution in [1.29, 1.82) is 0 Å². The standard InChI is InChI=1S/C17H25N5OS/c1-10(2)12(4)19-14-8-6-7-13(11(14)3)16(23)18-9-15-20-21-17(24)22(15)5/h6-8,10,12,19H,9H2,1-5H3,(H,18,23)(H,21,24). The number of H-pyrrole nitrogens is 1. The number of hydrogen-bond acceptors (Lipinski definition) is 4. The fourth-order valence-electron chi connectivity index (χ4n) is 2.24. The Morgan fingerprint density at radius 1 is 1.38 bits per heavy atom. The number of aromatic nitrogens is 3. The van der Waals surface area contributed by atoms with Crippen molar-refractivity contribution in [2.45, 2.75) is 40.3 Å². The Morgan fingerprint density at radius 2 is 2.08 bits per heavy atom. The molecule has 6 nitrogen and oxygen atoms in total. The second-order valence-corrected chi connectivity index (χ2v) is 6.73. The monoisotopic (exact) mass is 347 g/mol. The Bertz CT molecular complexity index is 778. The van der Waals surface area contributed by atoms with Crippen LogP contribution < -0.4 is 10.6 Å². The molecule has 7 heteroatoms. The number of carbonyl (C=O) groups excluding carboxylic acids is 1. The van der Waals surface area contributed by atoms with Gasteiger partial charge >= 0.3 is 0 Å². The van der Waals surface area contributed by atoms with E-state index in [1.54, 1.807) is 4.57 Å². The van der Waals surface area contributed by atoms with Crippen molar-refractivity contribution < 1.29 is 4.79 Å². The number of hydrogen-bond donors (Lipinski definition) is 3. The molecule has 0 aliphatic rings. The fraction of sp³-hybridized carbons (Fsp3) is 0.471. The molecule has 0 aliphatic carbocycles. The van der Waals surface area contributed by atoms with E-state index in [-0.39, 0.29) is 5.91 Å². The third-order valence-corrected chi connectivity index (χ3v) is 4.71. The maximum atomic E-state index is 12.5. The van der Waals surface area contributed by atoms with Gasteiger partial charge in [0.2, 0.25) is 0 Å². The second-order valence-electron chi connectivity index (χ2n) is 6.34. The van der Waals surface area contributed by atoms with Crippen molar-refractivity contribution in [2.24, 2.45) is 13.0 Å². The molecule has 1 amide bonds. The quantitative estimate of drug-likeness (QED) is 0.702. The van der Waals surface area contributed by atoms with Crippen LogP contribution in [-0.2, 0) is 13.6 Å². The van der Waals surface area contributed by atoms with Gasteiger partial charge in [-0.15, -0.1) is 0 Å². The highest BCUT2D eigenvalue weighted by atomic mass is 32.1. The van der Waals surface area contributed by atoms with Gasteiger partial charge in [-0.2, -0.15) is 5.10 Å². The normalized spacial score (nSPS) is 12.2. The number of nitrogens with zero attached hydrogens (tertiary/aromatic N) is 2. The number of carbonyl (C=O) groups is 1. The zero-order chi connectivity index (χ0) is 17.9. The van der Waals surface area contributed by atoms with Crippen LogP contribution in [-0.4, -0.2) is 26.7 Å². The van der Waals surface area contributed by atoms with Crippen molar-refractivity contribution in [3.63, 3.8) is 0 Å². The molecule has 0 saturated heterocycles. The second kappa shape index (κ2) is 7.61. The smallest absolute Gasteiger partial charge is 0.252 e. The topological polar surface area (TPSA) is 74.7 Å². The molecule has 130 valence electrons. The van der Waals surface area contributed by atoms with Crippen molar-refractivity contribution in [3.05, 3.63) is 39.9 Å². The van der Waals surface area contributed by atoms with E-state index in [4.69, 9.17) is 12.2 Å². The lowest BCUT2D eigenvalue weighted by molar-refractivity contribution is 0.0949. The molecular weight excluding hydrogens is 322 g/mol. The largest absolute Gasteiger partial charge is 0.382 e. The average Bonchev–Trinajstić information content (AvgIpc) is 2.86. The van der Waals surface area contributed by atoms with Crippen molar-refractivity contribution in [2.75, 3.05) is 5.32 Å². The Hall–Kier alpha value is -2.15. The molecule has 0 radical (unpaired) electrons. The van der Waals surface area contributed by atoms with Gasteiger partial charge in [0.05, 0.1) is 6.54 Å². The molecule has 0 spiro atoms. The Balaban J connectivity index is 2.12. The van der Waals surface area contributed by atoms with E-state index in [2.05, 4.69) is 41.6 Å². The summed E-state index contributed by atoms with van der Waals surface area (Å²) in [6.07, 6.45) is 0. The first-order valence-corrected chi connectivity index (χ1v) is 8.46. The van der Waals surface area contributed by atoms with E-state index in [1.807, 2.05) is 32.2 Å². The van der Waals surface area contributed by atoms with Crippen molar-refractivity contribution in [1.82, 2.24) is 20.1 Å². The summed E-state index contributed by atoms with van der Waals surface area (Å²) < 4.78 is 2.27. The average molecular weight is 347 g/mol. The van der Waals surface area contributed by atoms with E-state index in [9.17, 15) is 4.79 Å². The maximum Gasteiger partial charge on any atom is 0.252 e. The number of benzene rings is 1. The van der Waals surface area contributed by atoms with Gasteiger partial charge in [0.1, 0.15) is 0 Å². The number of aromatic amines is 1. The highest BCUT2D eigenvalue weighted by Gasteiger charge is 2.14. The number of nitrogens with one attached hydrogen (secondary N) is 3. The molecule has 1 aromatic heterocycles. The van der Waals surface area contributed by atoms with Gasteiger partial charge < -0.3 is 15.2 Å². The van der Waals surface area contributed by atoms with Gasteiger partial charge in [0.25, 0.3) is 5.91 Å². The van der Waals surface area contributed by atoms with Gasteiger partial charge in [0, 0.05) is 24.3 Å². The highest BCUT2D eigenvalue weighted by molar-refractivity contribution is 7.71. The highest BCUT2D eigenvalue weighted by Crippen LogP contribution is 2.21. The minimum atomic E-state index is -0.123. The van der Waals surface area contributed by atoms with Gasteiger partial charge in [-0.05, 0) is 49.7 Å². The van der Waals surface area contributed by atoms with Gasteiger partial charge in [-0.25, -0.2) is 0 Å². The van der Waals surface area contributed by atoms with E-state index in [1.165, 1.54) is 0 Å². The Kier molecular flexibility index (Phi) is 5.77.